The predicted molar refractivity (Wildman–Crippen MR) is 77.4 cm³/mol. The van der Waals surface area contributed by atoms with Gasteiger partial charge in [-0.1, -0.05) is 35.7 Å². The van der Waals surface area contributed by atoms with Crippen molar-refractivity contribution in [2.24, 2.45) is 0 Å². The van der Waals surface area contributed by atoms with Gasteiger partial charge in [0.1, 0.15) is 0 Å². The van der Waals surface area contributed by atoms with Gasteiger partial charge in [-0.05, 0) is 43.7 Å². The Morgan fingerprint density at radius 3 is 2.65 bits per heavy atom. The number of rotatable bonds is 4. The summed E-state index contributed by atoms with van der Waals surface area (Å²) >= 11 is 14.0. The average molecular weight is 290 g/mol. The highest BCUT2D eigenvalue weighted by atomic mass is 35.5. The van der Waals surface area contributed by atoms with E-state index >= 15 is 0 Å². The minimum absolute atomic E-state index is 0.678. The van der Waals surface area contributed by atoms with E-state index in [1.807, 2.05) is 18.2 Å². The number of hydrogen-bond acceptors (Lipinski definition) is 2. The molecule has 1 aromatic carbocycles. The summed E-state index contributed by atoms with van der Waals surface area (Å²) in [7, 11) is 0. The molecular weight excluding hydrogens is 273 g/mol. The number of nitrogens with one attached hydrogen (secondary N) is 1. The SMILES string of the molecule is Clc1cccc(Cl)c1SCC[C@@H]1CCCCN1. The van der Waals surface area contributed by atoms with Gasteiger partial charge in [0.05, 0.1) is 10.0 Å². The third-order valence-electron chi connectivity index (χ3n) is 3.04. The third kappa shape index (κ3) is 4.06. The second-order valence-corrected chi connectivity index (χ2v) is 6.25. The molecule has 4 heteroatoms. The van der Waals surface area contributed by atoms with Crippen LogP contribution < -0.4 is 5.32 Å². The van der Waals surface area contributed by atoms with Crippen LogP contribution in [-0.4, -0.2) is 18.3 Å². The Bertz CT molecular complexity index is 344. The summed E-state index contributed by atoms with van der Waals surface area (Å²) in [5, 5.41) is 5.08. The lowest BCUT2D eigenvalue weighted by atomic mass is 10.0. The van der Waals surface area contributed by atoms with Gasteiger partial charge in [-0.3, -0.25) is 0 Å². The summed E-state index contributed by atoms with van der Waals surface area (Å²) in [5.41, 5.74) is 0. The Kier molecular flexibility index (Phi) is 5.49. The monoisotopic (exact) mass is 289 g/mol. The first-order valence-electron chi connectivity index (χ1n) is 6.07. The highest BCUT2D eigenvalue weighted by molar-refractivity contribution is 7.99. The number of halogens is 2. The Balaban J connectivity index is 1.81. The molecule has 1 nitrogen and oxygen atoms in total. The van der Waals surface area contributed by atoms with Gasteiger partial charge in [0, 0.05) is 10.9 Å². The summed E-state index contributed by atoms with van der Waals surface area (Å²) in [6.45, 7) is 1.17. The molecular formula is C13H17Cl2NS. The second kappa shape index (κ2) is 6.89. The van der Waals surface area contributed by atoms with Crippen LogP contribution in [0.1, 0.15) is 25.7 Å². The normalized spacial score (nSPS) is 20.5. The molecule has 0 amide bonds. The molecule has 1 heterocycles. The van der Waals surface area contributed by atoms with Gasteiger partial charge in [0.15, 0.2) is 0 Å². The van der Waals surface area contributed by atoms with E-state index in [9.17, 15) is 0 Å². The summed E-state index contributed by atoms with van der Waals surface area (Å²) < 4.78 is 0. The lowest BCUT2D eigenvalue weighted by Crippen LogP contribution is -2.34. The van der Waals surface area contributed by atoms with Gasteiger partial charge in [0.25, 0.3) is 0 Å². The van der Waals surface area contributed by atoms with Crippen molar-refractivity contribution < 1.29 is 0 Å². The Morgan fingerprint density at radius 1 is 1.24 bits per heavy atom. The molecule has 1 aliphatic rings. The van der Waals surface area contributed by atoms with Crippen molar-refractivity contribution in [1.29, 1.82) is 0 Å². The molecule has 1 N–H and O–H groups in total. The zero-order valence-electron chi connectivity index (χ0n) is 9.72. The summed E-state index contributed by atoms with van der Waals surface area (Å²) in [6.07, 6.45) is 5.16. The second-order valence-electron chi connectivity index (χ2n) is 4.33. The van der Waals surface area contributed by atoms with E-state index in [4.69, 9.17) is 23.2 Å². The van der Waals surface area contributed by atoms with Crippen LogP contribution in [0.4, 0.5) is 0 Å². The maximum Gasteiger partial charge on any atom is 0.0556 e. The van der Waals surface area contributed by atoms with E-state index < -0.39 is 0 Å². The predicted octanol–water partition coefficient (Wildman–Crippen LogP) is 4.62. The maximum atomic E-state index is 6.13. The Hall–Kier alpha value is 0.110. The van der Waals surface area contributed by atoms with Crippen molar-refractivity contribution >= 4 is 35.0 Å². The lowest BCUT2D eigenvalue weighted by Gasteiger charge is -2.23. The van der Waals surface area contributed by atoms with Crippen LogP contribution >= 0.6 is 35.0 Å². The number of benzene rings is 1. The van der Waals surface area contributed by atoms with E-state index in [1.54, 1.807) is 11.8 Å². The molecule has 0 radical (unpaired) electrons. The van der Waals surface area contributed by atoms with Crippen LogP contribution in [0.15, 0.2) is 23.1 Å². The van der Waals surface area contributed by atoms with Crippen molar-refractivity contribution in [3.8, 4) is 0 Å². The smallest absolute Gasteiger partial charge is 0.0556 e. The van der Waals surface area contributed by atoms with Crippen LogP contribution in [0.25, 0.3) is 0 Å². The fourth-order valence-electron chi connectivity index (χ4n) is 2.09. The first-order valence-corrected chi connectivity index (χ1v) is 7.82. The molecule has 1 aromatic rings. The zero-order valence-corrected chi connectivity index (χ0v) is 12.0. The fraction of sp³-hybridized carbons (Fsp3) is 0.538. The molecule has 1 saturated heterocycles. The summed E-state index contributed by atoms with van der Waals surface area (Å²) in [5.74, 6) is 1.07. The third-order valence-corrected chi connectivity index (χ3v) is 5.07. The molecule has 1 atom stereocenters. The quantitative estimate of drug-likeness (QED) is 0.812. The van der Waals surface area contributed by atoms with E-state index in [2.05, 4.69) is 5.32 Å². The first kappa shape index (κ1) is 13.5. The molecule has 0 aromatic heterocycles. The summed E-state index contributed by atoms with van der Waals surface area (Å²) in [6, 6.07) is 6.36. The number of thioether (sulfide) groups is 1. The van der Waals surface area contributed by atoms with E-state index in [1.165, 1.54) is 32.2 Å². The van der Waals surface area contributed by atoms with Gasteiger partial charge in [-0.15, -0.1) is 11.8 Å². The maximum absolute atomic E-state index is 6.13. The molecule has 0 saturated carbocycles. The molecule has 1 fully saturated rings. The average Bonchev–Trinajstić information content (AvgIpc) is 2.34. The summed E-state index contributed by atoms with van der Waals surface area (Å²) in [4.78, 5) is 1.02. The van der Waals surface area contributed by atoms with Gasteiger partial charge < -0.3 is 5.32 Å². The fourth-order valence-corrected chi connectivity index (χ4v) is 3.84. The zero-order chi connectivity index (χ0) is 12.1. The van der Waals surface area contributed by atoms with E-state index in [-0.39, 0.29) is 0 Å². The Morgan fingerprint density at radius 2 is 2.00 bits per heavy atom. The Labute approximate surface area is 117 Å². The van der Waals surface area contributed by atoms with Gasteiger partial charge in [0.2, 0.25) is 0 Å². The standard InChI is InChI=1S/C13H17Cl2NS/c14-11-5-3-6-12(15)13(11)17-9-7-10-4-1-2-8-16-10/h3,5-6,10,16H,1-2,4,7-9H2/t10-/m0/s1. The molecule has 94 valence electrons. The van der Waals surface area contributed by atoms with E-state index in [0.29, 0.717) is 6.04 Å². The molecule has 0 spiro atoms. The number of piperidine rings is 1. The topological polar surface area (TPSA) is 12.0 Å². The van der Waals surface area contributed by atoms with Gasteiger partial charge >= 0.3 is 0 Å². The first-order chi connectivity index (χ1) is 8.27. The van der Waals surface area contributed by atoms with Crippen molar-refractivity contribution in [2.45, 2.75) is 36.6 Å². The van der Waals surface area contributed by atoms with Gasteiger partial charge in [-0.2, -0.15) is 0 Å². The molecule has 0 aliphatic carbocycles. The van der Waals surface area contributed by atoms with Crippen molar-refractivity contribution in [2.75, 3.05) is 12.3 Å². The van der Waals surface area contributed by atoms with Crippen LogP contribution in [0.5, 0.6) is 0 Å². The minimum Gasteiger partial charge on any atom is -0.314 e. The van der Waals surface area contributed by atoms with Crippen LogP contribution in [0.2, 0.25) is 10.0 Å². The molecule has 1 aliphatic heterocycles. The van der Waals surface area contributed by atoms with Crippen LogP contribution in [0.3, 0.4) is 0 Å². The van der Waals surface area contributed by atoms with Gasteiger partial charge in [-0.25, -0.2) is 0 Å². The van der Waals surface area contributed by atoms with Crippen molar-refractivity contribution in [1.82, 2.24) is 5.32 Å². The minimum atomic E-state index is 0.678. The molecule has 0 unspecified atom stereocenters. The molecule has 0 bridgehead atoms. The highest BCUT2D eigenvalue weighted by Crippen LogP contribution is 2.34. The number of hydrogen-bond donors (Lipinski definition) is 1. The van der Waals surface area contributed by atoms with Crippen molar-refractivity contribution in [3.63, 3.8) is 0 Å². The van der Waals surface area contributed by atoms with Crippen molar-refractivity contribution in [3.05, 3.63) is 28.2 Å². The lowest BCUT2D eigenvalue weighted by molar-refractivity contribution is 0.395. The molecule has 17 heavy (non-hydrogen) atoms. The molecule has 2 rings (SSSR count). The largest absolute Gasteiger partial charge is 0.314 e. The van der Waals surface area contributed by atoms with E-state index in [0.717, 1.165) is 20.7 Å². The van der Waals surface area contributed by atoms with Crippen LogP contribution in [0, 0.1) is 0 Å². The van der Waals surface area contributed by atoms with Crippen LogP contribution in [-0.2, 0) is 0 Å². The highest BCUT2D eigenvalue weighted by Gasteiger charge is 2.13.